The lowest BCUT2D eigenvalue weighted by Gasteiger charge is -2.08. The van der Waals surface area contributed by atoms with Crippen LogP contribution in [-0.2, 0) is 14.8 Å². The molecule has 2 aromatic rings. The van der Waals surface area contributed by atoms with Crippen molar-refractivity contribution in [3.05, 3.63) is 40.7 Å². The summed E-state index contributed by atoms with van der Waals surface area (Å²) in [5.41, 5.74) is 1.74. The number of aromatic nitrogens is 2. The summed E-state index contributed by atoms with van der Waals surface area (Å²) in [6, 6.07) is 7.05. The number of nitrogens with zero attached hydrogens (tertiary/aromatic N) is 2. The van der Waals surface area contributed by atoms with Crippen molar-refractivity contribution in [2.75, 3.05) is 20.3 Å². The van der Waals surface area contributed by atoms with Crippen LogP contribution in [0.3, 0.4) is 0 Å². The predicted octanol–water partition coefficient (Wildman–Crippen LogP) is 2.07. The second-order valence-electron chi connectivity index (χ2n) is 4.78. The van der Waals surface area contributed by atoms with Crippen LogP contribution in [0, 0.1) is 13.8 Å². The maximum atomic E-state index is 12.4. The van der Waals surface area contributed by atoms with E-state index in [1.54, 1.807) is 42.8 Å². The molecule has 120 valence electrons. The van der Waals surface area contributed by atoms with Gasteiger partial charge in [-0.05, 0) is 38.1 Å². The Balaban J connectivity index is 2.41. The summed E-state index contributed by atoms with van der Waals surface area (Å²) in [4.78, 5) is 0.193. The van der Waals surface area contributed by atoms with Crippen molar-refractivity contribution in [3.8, 4) is 5.69 Å². The second kappa shape index (κ2) is 6.78. The minimum absolute atomic E-state index is 0.193. The summed E-state index contributed by atoms with van der Waals surface area (Å²) in [6.45, 7) is 3.91. The van der Waals surface area contributed by atoms with Crippen molar-refractivity contribution in [1.82, 2.24) is 14.5 Å². The van der Waals surface area contributed by atoms with Crippen LogP contribution in [0.4, 0.5) is 0 Å². The molecule has 8 heteroatoms. The third kappa shape index (κ3) is 3.49. The van der Waals surface area contributed by atoms with E-state index in [1.807, 2.05) is 0 Å². The number of hydrogen-bond donors (Lipinski definition) is 1. The van der Waals surface area contributed by atoms with E-state index < -0.39 is 10.0 Å². The summed E-state index contributed by atoms with van der Waals surface area (Å²) in [6.07, 6.45) is 0. The van der Waals surface area contributed by atoms with E-state index in [0.29, 0.717) is 23.0 Å². The van der Waals surface area contributed by atoms with Crippen LogP contribution in [-0.4, -0.2) is 38.5 Å². The number of ether oxygens (including phenoxy) is 1. The lowest BCUT2D eigenvalue weighted by molar-refractivity contribution is 0.204. The van der Waals surface area contributed by atoms with Gasteiger partial charge in [0.25, 0.3) is 0 Å². The van der Waals surface area contributed by atoms with Crippen molar-refractivity contribution in [1.29, 1.82) is 0 Å². The Kier molecular flexibility index (Phi) is 5.23. The van der Waals surface area contributed by atoms with Gasteiger partial charge < -0.3 is 4.74 Å². The zero-order valence-electron chi connectivity index (χ0n) is 12.6. The van der Waals surface area contributed by atoms with Crippen LogP contribution >= 0.6 is 11.6 Å². The van der Waals surface area contributed by atoms with Crippen LogP contribution < -0.4 is 4.72 Å². The highest BCUT2D eigenvalue weighted by atomic mass is 35.5. The molecule has 1 aromatic carbocycles. The molecule has 2 rings (SSSR count). The van der Waals surface area contributed by atoms with Gasteiger partial charge in [0.05, 0.1) is 23.7 Å². The van der Waals surface area contributed by atoms with E-state index in [4.69, 9.17) is 16.3 Å². The van der Waals surface area contributed by atoms with Gasteiger partial charge in [-0.2, -0.15) is 5.10 Å². The molecular weight excluding hydrogens is 326 g/mol. The number of aryl methyl sites for hydroxylation is 1. The number of halogens is 1. The lowest BCUT2D eigenvalue weighted by Crippen LogP contribution is -2.28. The molecule has 0 aliphatic rings. The van der Waals surface area contributed by atoms with Gasteiger partial charge in [-0.3, -0.25) is 0 Å². The molecule has 1 heterocycles. The van der Waals surface area contributed by atoms with Crippen molar-refractivity contribution in [2.24, 2.45) is 0 Å². The van der Waals surface area contributed by atoms with Gasteiger partial charge in [-0.25, -0.2) is 17.8 Å². The van der Waals surface area contributed by atoms with Crippen molar-refractivity contribution in [2.45, 2.75) is 18.7 Å². The Labute approximate surface area is 135 Å². The molecule has 0 radical (unpaired) electrons. The molecule has 0 fully saturated rings. The van der Waals surface area contributed by atoms with Crippen LogP contribution in [0.5, 0.6) is 0 Å². The summed E-state index contributed by atoms with van der Waals surface area (Å²) in [5.74, 6) is 0. The van der Waals surface area contributed by atoms with Gasteiger partial charge in [-0.1, -0.05) is 11.6 Å². The first-order valence-electron chi connectivity index (χ1n) is 6.67. The van der Waals surface area contributed by atoms with Gasteiger partial charge in [-0.15, -0.1) is 0 Å². The first-order chi connectivity index (χ1) is 10.4. The minimum Gasteiger partial charge on any atom is -0.383 e. The SMILES string of the molecule is COCCNS(=O)(=O)c1c(C)nn(-c2ccc(Cl)cc2)c1C. The number of rotatable bonds is 6. The van der Waals surface area contributed by atoms with Gasteiger partial charge in [0, 0.05) is 18.7 Å². The number of benzene rings is 1. The molecule has 1 aromatic heterocycles. The molecule has 1 N–H and O–H groups in total. The molecule has 22 heavy (non-hydrogen) atoms. The Morgan fingerprint density at radius 2 is 1.91 bits per heavy atom. The smallest absolute Gasteiger partial charge is 0.244 e. The van der Waals surface area contributed by atoms with Crippen LogP contribution in [0.1, 0.15) is 11.4 Å². The van der Waals surface area contributed by atoms with Crippen LogP contribution in [0.25, 0.3) is 5.69 Å². The maximum absolute atomic E-state index is 12.4. The van der Waals surface area contributed by atoms with E-state index in [-0.39, 0.29) is 11.4 Å². The van der Waals surface area contributed by atoms with E-state index >= 15 is 0 Å². The third-order valence-electron chi connectivity index (χ3n) is 3.16. The van der Waals surface area contributed by atoms with E-state index in [1.165, 1.54) is 7.11 Å². The largest absolute Gasteiger partial charge is 0.383 e. The number of sulfonamides is 1. The molecule has 0 aliphatic carbocycles. The molecule has 6 nitrogen and oxygen atoms in total. The van der Waals surface area contributed by atoms with E-state index in [2.05, 4.69) is 9.82 Å². The summed E-state index contributed by atoms with van der Waals surface area (Å²) in [7, 11) is -2.11. The van der Waals surface area contributed by atoms with E-state index in [9.17, 15) is 8.42 Å². The molecule has 0 bridgehead atoms. The number of methoxy groups -OCH3 is 1. The van der Waals surface area contributed by atoms with Crippen molar-refractivity contribution in [3.63, 3.8) is 0 Å². The summed E-state index contributed by atoms with van der Waals surface area (Å²) < 4.78 is 33.8. The average Bonchev–Trinajstić information content (AvgIpc) is 2.75. The highest BCUT2D eigenvalue weighted by Crippen LogP contribution is 2.23. The number of hydrogen-bond acceptors (Lipinski definition) is 4. The first-order valence-corrected chi connectivity index (χ1v) is 8.53. The predicted molar refractivity (Wildman–Crippen MR) is 85.1 cm³/mol. The highest BCUT2D eigenvalue weighted by Gasteiger charge is 2.24. The van der Waals surface area contributed by atoms with Crippen LogP contribution in [0.2, 0.25) is 5.02 Å². The van der Waals surface area contributed by atoms with Gasteiger partial charge in [0.15, 0.2) is 0 Å². The topological polar surface area (TPSA) is 73.2 Å². The standard InChI is InChI=1S/C14H18ClN3O3S/c1-10-14(22(19,20)16-8-9-21-3)11(2)18(17-10)13-6-4-12(15)5-7-13/h4-7,16H,8-9H2,1-3H3. The second-order valence-corrected chi connectivity index (χ2v) is 6.92. The maximum Gasteiger partial charge on any atom is 0.244 e. The first kappa shape index (κ1) is 17.0. The molecule has 0 saturated carbocycles. The van der Waals surface area contributed by atoms with Gasteiger partial charge in [0.2, 0.25) is 10.0 Å². The van der Waals surface area contributed by atoms with Gasteiger partial charge >= 0.3 is 0 Å². The molecule has 0 amide bonds. The fraction of sp³-hybridized carbons (Fsp3) is 0.357. The highest BCUT2D eigenvalue weighted by molar-refractivity contribution is 7.89. The minimum atomic E-state index is -3.63. The molecule has 0 saturated heterocycles. The molecule has 0 unspecified atom stereocenters. The zero-order chi connectivity index (χ0) is 16.3. The quantitative estimate of drug-likeness (QED) is 0.815. The Bertz CT molecular complexity index is 754. The normalized spacial score (nSPS) is 11.8. The zero-order valence-corrected chi connectivity index (χ0v) is 14.2. The number of nitrogens with one attached hydrogen (secondary N) is 1. The average molecular weight is 344 g/mol. The fourth-order valence-electron chi connectivity index (χ4n) is 2.20. The fourth-order valence-corrected chi connectivity index (χ4v) is 3.73. The van der Waals surface area contributed by atoms with Crippen LogP contribution in [0.15, 0.2) is 29.2 Å². The molecule has 0 aliphatic heterocycles. The monoisotopic (exact) mass is 343 g/mol. The summed E-state index contributed by atoms with van der Waals surface area (Å²) in [5, 5.41) is 4.94. The molecule has 0 atom stereocenters. The lowest BCUT2D eigenvalue weighted by atomic mass is 10.3. The Morgan fingerprint density at radius 3 is 2.50 bits per heavy atom. The molecule has 0 spiro atoms. The van der Waals surface area contributed by atoms with Crippen molar-refractivity contribution < 1.29 is 13.2 Å². The molecular formula is C14H18ClN3O3S. The third-order valence-corrected chi connectivity index (χ3v) is 5.13. The van der Waals surface area contributed by atoms with E-state index in [0.717, 1.165) is 5.69 Å². The Morgan fingerprint density at radius 1 is 1.27 bits per heavy atom. The van der Waals surface area contributed by atoms with Crippen molar-refractivity contribution >= 4 is 21.6 Å². The van der Waals surface area contributed by atoms with Gasteiger partial charge in [0.1, 0.15) is 4.90 Å². The Hall–Kier alpha value is -1.41. The summed E-state index contributed by atoms with van der Waals surface area (Å²) >= 11 is 5.87.